The average molecular weight is 539 g/mol. The molecule has 9 heteroatoms. The lowest BCUT2D eigenvalue weighted by atomic mass is 9.93. The van der Waals surface area contributed by atoms with E-state index in [1.165, 1.54) is 0 Å². The van der Waals surface area contributed by atoms with Crippen molar-refractivity contribution in [3.8, 4) is 0 Å². The van der Waals surface area contributed by atoms with Crippen LogP contribution in [0.5, 0.6) is 0 Å². The molecule has 202 valence electrons. The molecule has 0 unspecified atom stereocenters. The van der Waals surface area contributed by atoms with Crippen molar-refractivity contribution < 1.29 is 19.1 Å². The summed E-state index contributed by atoms with van der Waals surface area (Å²) in [4.78, 5) is 45.4. The van der Waals surface area contributed by atoms with E-state index in [0.29, 0.717) is 54.6 Å². The molecule has 0 aromatic heterocycles. The second kappa shape index (κ2) is 12.0. The van der Waals surface area contributed by atoms with Crippen molar-refractivity contribution in [2.75, 3.05) is 39.3 Å². The van der Waals surface area contributed by atoms with E-state index in [4.69, 9.17) is 16.3 Å². The van der Waals surface area contributed by atoms with Crippen molar-refractivity contribution in [2.24, 2.45) is 0 Å². The molecular formula is C29H35ClN4O4. The van der Waals surface area contributed by atoms with Gasteiger partial charge in [-0.1, -0.05) is 53.6 Å². The minimum absolute atomic E-state index is 0.0840. The van der Waals surface area contributed by atoms with E-state index in [0.717, 1.165) is 11.1 Å². The second-order valence-electron chi connectivity index (χ2n) is 9.68. The Morgan fingerprint density at radius 1 is 1.11 bits per heavy atom. The molecule has 3 amide bonds. The number of aryl methyl sites for hydroxylation is 1. The van der Waals surface area contributed by atoms with Crippen LogP contribution in [0.4, 0.5) is 4.79 Å². The normalized spacial score (nSPS) is 20.4. The fourth-order valence-corrected chi connectivity index (χ4v) is 5.45. The molecule has 38 heavy (non-hydrogen) atoms. The van der Waals surface area contributed by atoms with E-state index < -0.39 is 12.0 Å². The molecule has 0 radical (unpaired) electrons. The number of hydrogen-bond donors (Lipinski definition) is 1. The Bertz CT molecular complexity index is 1250. The smallest absolute Gasteiger partial charge is 0.338 e. The largest absolute Gasteiger partial charge is 0.463 e. The van der Waals surface area contributed by atoms with Gasteiger partial charge in [0.25, 0.3) is 5.91 Å². The van der Waals surface area contributed by atoms with Gasteiger partial charge in [-0.25, -0.2) is 9.59 Å². The van der Waals surface area contributed by atoms with Gasteiger partial charge >= 0.3 is 12.0 Å². The van der Waals surface area contributed by atoms with E-state index >= 15 is 0 Å². The van der Waals surface area contributed by atoms with Gasteiger partial charge in [-0.05, 0) is 45.4 Å². The zero-order valence-corrected chi connectivity index (χ0v) is 23.1. The Labute approximate surface area is 229 Å². The maximum Gasteiger partial charge on any atom is 0.338 e. The van der Waals surface area contributed by atoms with Gasteiger partial charge in [0.15, 0.2) is 0 Å². The summed E-state index contributed by atoms with van der Waals surface area (Å²) in [5.41, 5.74) is 3.44. The number of piperazine rings is 1. The van der Waals surface area contributed by atoms with Crippen molar-refractivity contribution in [3.63, 3.8) is 0 Å². The van der Waals surface area contributed by atoms with Gasteiger partial charge in [0.1, 0.15) is 0 Å². The van der Waals surface area contributed by atoms with Gasteiger partial charge in [0, 0.05) is 44.5 Å². The Kier molecular flexibility index (Phi) is 8.74. The number of urea groups is 1. The SMILES string of the molecule is CCOC(=O)C1=C(CN2CCN(C(=O)c3ccccc3Cl)[C@H](C)C2)N(CC)C(=O)N[C@@H]1c1cccc(C)c1. The van der Waals surface area contributed by atoms with Crippen LogP contribution in [0.25, 0.3) is 0 Å². The maximum absolute atomic E-state index is 13.3. The molecule has 2 aromatic carbocycles. The van der Waals surface area contributed by atoms with Crippen LogP contribution < -0.4 is 5.32 Å². The minimum atomic E-state index is -0.611. The van der Waals surface area contributed by atoms with Crippen LogP contribution in [0.2, 0.25) is 5.02 Å². The van der Waals surface area contributed by atoms with Gasteiger partial charge in [-0.15, -0.1) is 0 Å². The van der Waals surface area contributed by atoms with E-state index in [-0.39, 0.29) is 24.6 Å². The molecule has 0 spiro atoms. The number of benzene rings is 2. The molecule has 0 bridgehead atoms. The van der Waals surface area contributed by atoms with Gasteiger partial charge in [0.2, 0.25) is 0 Å². The third-order valence-corrected chi connectivity index (χ3v) is 7.41. The number of carbonyl (C=O) groups is 3. The number of halogens is 1. The summed E-state index contributed by atoms with van der Waals surface area (Å²) in [6.07, 6.45) is 0. The first-order valence-electron chi connectivity index (χ1n) is 13.1. The number of likely N-dealkylation sites (N-methyl/N-ethyl adjacent to an activating group) is 1. The van der Waals surface area contributed by atoms with Gasteiger partial charge in [-0.2, -0.15) is 0 Å². The average Bonchev–Trinajstić information content (AvgIpc) is 2.88. The summed E-state index contributed by atoms with van der Waals surface area (Å²) in [5, 5.41) is 3.45. The molecule has 2 aliphatic heterocycles. The van der Waals surface area contributed by atoms with Crippen molar-refractivity contribution in [2.45, 2.75) is 39.8 Å². The summed E-state index contributed by atoms with van der Waals surface area (Å²) in [6, 6.07) is 13.9. The van der Waals surface area contributed by atoms with Crippen LogP contribution in [0.3, 0.4) is 0 Å². The number of nitrogens with one attached hydrogen (secondary N) is 1. The highest BCUT2D eigenvalue weighted by Gasteiger charge is 2.39. The number of esters is 1. The monoisotopic (exact) mass is 538 g/mol. The molecule has 8 nitrogen and oxygen atoms in total. The van der Waals surface area contributed by atoms with Crippen molar-refractivity contribution in [3.05, 3.63) is 81.5 Å². The molecule has 1 fully saturated rings. The fraction of sp³-hybridized carbons (Fsp3) is 0.414. The zero-order chi connectivity index (χ0) is 27.4. The van der Waals surface area contributed by atoms with E-state index in [9.17, 15) is 14.4 Å². The van der Waals surface area contributed by atoms with Gasteiger partial charge < -0.3 is 15.0 Å². The van der Waals surface area contributed by atoms with Crippen LogP contribution in [0, 0.1) is 6.92 Å². The van der Waals surface area contributed by atoms with Gasteiger partial charge in [-0.3, -0.25) is 14.6 Å². The van der Waals surface area contributed by atoms with Crippen LogP contribution >= 0.6 is 11.6 Å². The van der Waals surface area contributed by atoms with Crippen molar-refractivity contribution >= 4 is 29.5 Å². The summed E-state index contributed by atoms with van der Waals surface area (Å²) in [7, 11) is 0. The molecule has 4 rings (SSSR count). The molecule has 0 saturated carbocycles. The number of ether oxygens (including phenoxy) is 1. The highest BCUT2D eigenvalue weighted by Crippen LogP contribution is 2.33. The number of nitrogens with zero attached hydrogens (tertiary/aromatic N) is 3. The first kappa shape index (κ1) is 27.7. The molecule has 0 aliphatic carbocycles. The topological polar surface area (TPSA) is 82.2 Å². The minimum Gasteiger partial charge on any atom is -0.463 e. The number of rotatable bonds is 7. The zero-order valence-electron chi connectivity index (χ0n) is 22.4. The van der Waals surface area contributed by atoms with E-state index in [1.807, 2.05) is 56.0 Å². The molecular weight excluding hydrogens is 504 g/mol. The van der Waals surface area contributed by atoms with Crippen LogP contribution in [-0.4, -0.2) is 78.0 Å². The lowest BCUT2D eigenvalue weighted by molar-refractivity contribution is -0.139. The predicted molar refractivity (Wildman–Crippen MR) is 147 cm³/mol. The molecule has 1 saturated heterocycles. The lowest BCUT2D eigenvalue weighted by Crippen LogP contribution is -2.56. The lowest BCUT2D eigenvalue weighted by Gasteiger charge is -2.43. The Morgan fingerprint density at radius 3 is 2.53 bits per heavy atom. The fourth-order valence-electron chi connectivity index (χ4n) is 5.24. The number of amides is 3. The molecule has 1 N–H and O–H groups in total. The standard InChI is InChI=1S/C29H35ClN4O4/c1-5-33-24(18-32-14-15-34(20(4)17-32)27(35)22-12-7-8-13-23(22)30)25(28(36)38-6-2)26(31-29(33)37)21-11-9-10-19(3)16-21/h7-13,16,20,26H,5-6,14-15,17-18H2,1-4H3,(H,31,37)/t20-,26-/m1/s1. The quantitative estimate of drug-likeness (QED) is 0.528. The third-order valence-electron chi connectivity index (χ3n) is 7.08. The van der Waals surface area contributed by atoms with E-state index in [2.05, 4.69) is 10.2 Å². The second-order valence-corrected chi connectivity index (χ2v) is 10.1. The number of hydrogen-bond acceptors (Lipinski definition) is 5. The summed E-state index contributed by atoms with van der Waals surface area (Å²) < 4.78 is 5.48. The molecule has 2 heterocycles. The van der Waals surface area contributed by atoms with Gasteiger partial charge in [0.05, 0.1) is 28.8 Å². The van der Waals surface area contributed by atoms with Crippen molar-refractivity contribution in [1.29, 1.82) is 0 Å². The Balaban J connectivity index is 1.64. The van der Waals surface area contributed by atoms with Crippen molar-refractivity contribution in [1.82, 2.24) is 20.0 Å². The maximum atomic E-state index is 13.3. The number of carbonyl (C=O) groups excluding carboxylic acids is 3. The van der Waals surface area contributed by atoms with E-state index in [1.54, 1.807) is 30.0 Å². The summed E-state index contributed by atoms with van der Waals surface area (Å²) >= 11 is 6.28. The Hall–Kier alpha value is -3.36. The highest BCUT2D eigenvalue weighted by molar-refractivity contribution is 6.33. The highest BCUT2D eigenvalue weighted by atomic mass is 35.5. The first-order chi connectivity index (χ1) is 18.2. The molecule has 2 aliphatic rings. The third kappa shape index (κ3) is 5.71. The van der Waals surface area contributed by atoms with Crippen LogP contribution in [0.1, 0.15) is 48.3 Å². The van der Waals surface area contributed by atoms with Crippen LogP contribution in [-0.2, 0) is 9.53 Å². The molecule has 2 atom stereocenters. The molecule has 2 aromatic rings. The predicted octanol–water partition coefficient (Wildman–Crippen LogP) is 4.40. The summed E-state index contributed by atoms with van der Waals surface area (Å²) in [5.74, 6) is -0.533. The summed E-state index contributed by atoms with van der Waals surface area (Å²) in [6.45, 7) is 10.4. The first-order valence-corrected chi connectivity index (χ1v) is 13.5. The Morgan fingerprint density at radius 2 is 1.87 bits per heavy atom. The van der Waals surface area contributed by atoms with Crippen LogP contribution in [0.15, 0.2) is 59.8 Å².